The van der Waals surface area contributed by atoms with Crippen molar-refractivity contribution in [2.45, 2.75) is 83.5 Å². The molecule has 232 valence electrons. The molecule has 3 amide bonds. The molecular weight excluding hydrogens is 538 g/mol. The Labute approximate surface area is 257 Å². The molecule has 0 saturated carbocycles. The molecule has 2 atom stereocenters. The van der Waals surface area contributed by atoms with Gasteiger partial charge in [-0.1, -0.05) is 54.6 Å². The summed E-state index contributed by atoms with van der Waals surface area (Å²) >= 11 is 0. The van der Waals surface area contributed by atoms with Gasteiger partial charge in [-0.2, -0.15) is 0 Å². The van der Waals surface area contributed by atoms with Crippen LogP contribution in [0.3, 0.4) is 0 Å². The summed E-state index contributed by atoms with van der Waals surface area (Å²) in [5.41, 5.74) is 2.57. The van der Waals surface area contributed by atoms with Crippen molar-refractivity contribution in [2.24, 2.45) is 11.8 Å². The Bertz CT molecular complexity index is 1240. The second kappa shape index (κ2) is 14.5. The lowest BCUT2D eigenvalue weighted by Gasteiger charge is -2.42. The highest BCUT2D eigenvalue weighted by atomic mass is 16.2. The average Bonchev–Trinajstić information content (AvgIpc) is 2.99. The summed E-state index contributed by atoms with van der Waals surface area (Å²) < 4.78 is 0. The van der Waals surface area contributed by atoms with E-state index in [-0.39, 0.29) is 30.6 Å². The fourth-order valence-corrected chi connectivity index (χ4v) is 7.19. The van der Waals surface area contributed by atoms with Crippen LogP contribution in [0.1, 0.15) is 69.1 Å². The standard InChI is InChI=1S/C35H49N5O3/c1-26(2)40-17-13-29-20-32(41)37-23-30-11-7-6-10-28(30)21-33(42)38-35(22-34(43)36-16-12-31(29)25-40)14-18-39(19-15-35)24-27-8-4-3-5-9-27/h3-11,26,29,31H,12-25H2,1-2H3,(H,36,43)(H,37,41)(H,38,42)/t29-,31-/m0/s1. The average molecular weight is 588 g/mol. The normalized spacial score (nSPS) is 24.8. The van der Waals surface area contributed by atoms with Crippen LogP contribution in [0.25, 0.3) is 0 Å². The third-order valence-electron chi connectivity index (χ3n) is 9.85. The first-order valence-corrected chi connectivity index (χ1v) is 16.2. The summed E-state index contributed by atoms with van der Waals surface area (Å²) in [4.78, 5) is 44.9. The minimum Gasteiger partial charge on any atom is -0.356 e. The SMILES string of the molecule is CC(C)N1CC[C@H]2CC(=O)NCc3ccccc3CC(=O)NC3(CCN(Cc4ccccc4)CC3)CC(=O)NCC[C@H]2C1. The maximum absolute atomic E-state index is 13.5. The monoisotopic (exact) mass is 587 g/mol. The highest BCUT2D eigenvalue weighted by Crippen LogP contribution is 2.31. The van der Waals surface area contributed by atoms with Gasteiger partial charge in [0.05, 0.1) is 12.0 Å². The molecule has 43 heavy (non-hydrogen) atoms. The molecule has 0 radical (unpaired) electrons. The number of carbonyl (C=O) groups excluding carboxylic acids is 3. The summed E-state index contributed by atoms with van der Waals surface area (Å²) in [7, 11) is 0. The molecule has 2 aromatic rings. The zero-order valence-corrected chi connectivity index (χ0v) is 25.9. The van der Waals surface area contributed by atoms with Crippen LogP contribution in [0, 0.1) is 11.8 Å². The van der Waals surface area contributed by atoms with Crippen molar-refractivity contribution in [3.8, 4) is 0 Å². The number of nitrogens with zero attached hydrogens (tertiary/aromatic N) is 2. The van der Waals surface area contributed by atoms with E-state index in [1.54, 1.807) is 0 Å². The molecule has 0 aliphatic carbocycles. The quantitative estimate of drug-likeness (QED) is 0.510. The van der Waals surface area contributed by atoms with E-state index in [9.17, 15) is 14.4 Å². The number of amides is 3. The largest absolute Gasteiger partial charge is 0.356 e. The topological polar surface area (TPSA) is 93.8 Å². The van der Waals surface area contributed by atoms with Crippen molar-refractivity contribution in [1.29, 1.82) is 0 Å². The summed E-state index contributed by atoms with van der Waals surface area (Å²) in [6.45, 7) is 9.91. The Morgan fingerprint density at radius 3 is 2.28 bits per heavy atom. The third kappa shape index (κ3) is 8.67. The lowest BCUT2D eigenvalue weighted by atomic mass is 9.80. The van der Waals surface area contributed by atoms with Crippen molar-refractivity contribution < 1.29 is 14.4 Å². The number of likely N-dealkylation sites (tertiary alicyclic amines) is 2. The molecule has 0 unspecified atom stereocenters. The number of carbonyl (C=O) groups is 3. The lowest BCUT2D eigenvalue weighted by Crippen LogP contribution is -2.57. The first kappa shape index (κ1) is 31.2. The molecule has 3 aliphatic rings. The number of piperidine rings is 2. The molecule has 0 bridgehead atoms. The molecule has 8 nitrogen and oxygen atoms in total. The Morgan fingerprint density at radius 1 is 0.814 bits per heavy atom. The summed E-state index contributed by atoms with van der Waals surface area (Å²) in [6.07, 6.45) is 4.29. The van der Waals surface area contributed by atoms with E-state index in [0.717, 1.165) is 69.5 Å². The van der Waals surface area contributed by atoms with E-state index >= 15 is 0 Å². The van der Waals surface area contributed by atoms with Gasteiger partial charge >= 0.3 is 0 Å². The zero-order valence-electron chi connectivity index (χ0n) is 25.9. The van der Waals surface area contributed by atoms with Gasteiger partial charge in [-0.3, -0.25) is 19.3 Å². The first-order chi connectivity index (χ1) is 20.8. The Morgan fingerprint density at radius 2 is 1.53 bits per heavy atom. The van der Waals surface area contributed by atoms with Gasteiger partial charge in [0.15, 0.2) is 0 Å². The minimum absolute atomic E-state index is 0.00709. The highest BCUT2D eigenvalue weighted by Gasteiger charge is 2.38. The minimum atomic E-state index is -0.576. The zero-order chi connectivity index (χ0) is 30.2. The molecular formula is C35H49N5O3. The van der Waals surface area contributed by atoms with E-state index < -0.39 is 5.54 Å². The number of benzene rings is 2. The van der Waals surface area contributed by atoms with Gasteiger partial charge in [0.2, 0.25) is 17.7 Å². The number of nitrogens with one attached hydrogen (secondary N) is 3. The second-order valence-corrected chi connectivity index (χ2v) is 13.2. The molecule has 1 spiro atoms. The predicted octanol–water partition coefficient (Wildman–Crippen LogP) is 3.64. The fourth-order valence-electron chi connectivity index (χ4n) is 7.19. The van der Waals surface area contributed by atoms with Crippen molar-refractivity contribution >= 4 is 17.7 Å². The van der Waals surface area contributed by atoms with Gasteiger partial charge in [0, 0.05) is 58.2 Å². The van der Waals surface area contributed by atoms with Crippen molar-refractivity contribution in [3.63, 3.8) is 0 Å². The number of hydrogen-bond acceptors (Lipinski definition) is 5. The van der Waals surface area contributed by atoms with E-state index in [0.29, 0.717) is 37.4 Å². The molecule has 3 N–H and O–H groups in total. The van der Waals surface area contributed by atoms with E-state index in [4.69, 9.17) is 0 Å². The van der Waals surface area contributed by atoms with Crippen LogP contribution in [0.15, 0.2) is 54.6 Å². The summed E-state index contributed by atoms with van der Waals surface area (Å²) in [5.74, 6) is 0.614. The highest BCUT2D eigenvalue weighted by molar-refractivity contribution is 5.82. The van der Waals surface area contributed by atoms with Crippen molar-refractivity contribution in [1.82, 2.24) is 25.8 Å². The maximum atomic E-state index is 13.5. The summed E-state index contributed by atoms with van der Waals surface area (Å²) in [6, 6.07) is 18.8. The molecule has 3 aliphatic heterocycles. The number of hydrogen-bond donors (Lipinski definition) is 3. The molecule has 0 aromatic heterocycles. The van der Waals surface area contributed by atoms with Crippen LogP contribution in [0.2, 0.25) is 0 Å². The van der Waals surface area contributed by atoms with Gasteiger partial charge in [0.1, 0.15) is 0 Å². The van der Waals surface area contributed by atoms with E-state index in [1.807, 2.05) is 30.3 Å². The van der Waals surface area contributed by atoms with Gasteiger partial charge in [-0.05, 0) is 74.6 Å². The van der Waals surface area contributed by atoms with Crippen LogP contribution in [-0.4, -0.2) is 71.8 Å². The molecule has 2 saturated heterocycles. The van der Waals surface area contributed by atoms with Gasteiger partial charge in [-0.25, -0.2) is 0 Å². The summed E-state index contributed by atoms with van der Waals surface area (Å²) in [5, 5.41) is 9.67. The molecule has 3 heterocycles. The van der Waals surface area contributed by atoms with Crippen LogP contribution in [-0.2, 0) is 33.9 Å². The van der Waals surface area contributed by atoms with Crippen molar-refractivity contribution in [3.05, 3.63) is 71.3 Å². The van der Waals surface area contributed by atoms with Crippen molar-refractivity contribution in [2.75, 3.05) is 32.7 Å². The Kier molecular flexibility index (Phi) is 10.5. The van der Waals surface area contributed by atoms with Crippen LogP contribution in [0.4, 0.5) is 0 Å². The Hall–Kier alpha value is -3.23. The number of fused-ring (bicyclic) bond motifs is 2. The van der Waals surface area contributed by atoms with Gasteiger partial charge in [-0.15, -0.1) is 0 Å². The van der Waals surface area contributed by atoms with E-state index in [2.05, 4.69) is 63.9 Å². The second-order valence-electron chi connectivity index (χ2n) is 13.2. The van der Waals surface area contributed by atoms with Gasteiger partial charge in [0.25, 0.3) is 0 Å². The van der Waals surface area contributed by atoms with Crippen LogP contribution < -0.4 is 16.0 Å². The molecule has 5 rings (SSSR count). The molecule has 2 fully saturated rings. The van der Waals surface area contributed by atoms with Gasteiger partial charge < -0.3 is 20.9 Å². The third-order valence-corrected chi connectivity index (χ3v) is 9.85. The molecule has 8 heteroatoms. The van der Waals surface area contributed by atoms with Crippen LogP contribution >= 0.6 is 0 Å². The first-order valence-electron chi connectivity index (χ1n) is 16.2. The van der Waals surface area contributed by atoms with Crippen LogP contribution in [0.5, 0.6) is 0 Å². The van der Waals surface area contributed by atoms with E-state index in [1.165, 1.54) is 5.56 Å². The number of rotatable bonds is 3. The fraction of sp³-hybridized carbons (Fsp3) is 0.571. The molecule has 2 aromatic carbocycles. The predicted molar refractivity (Wildman–Crippen MR) is 169 cm³/mol. The lowest BCUT2D eigenvalue weighted by molar-refractivity contribution is -0.127. The maximum Gasteiger partial charge on any atom is 0.224 e. The smallest absolute Gasteiger partial charge is 0.224 e. The Balaban J connectivity index is 1.33.